The number of alkyl halides is 3. The van der Waals surface area contributed by atoms with Crippen LogP contribution < -0.4 is 0 Å². The SMILES string of the molecule is CCN(CC(C)C)C(=O)c1cc(C(F)(F)F)ccc1F. The number of carbonyl (C=O) groups is 1. The fraction of sp³-hybridized carbons (Fsp3) is 0.500. The Bertz CT molecular complexity index is 483. The molecule has 0 unspecified atom stereocenters. The van der Waals surface area contributed by atoms with E-state index in [9.17, 15) is 22.4 Å². The Hall–Kier alpha value is -1.59. The van der Waals surface area contributed by atoms with E-state index in [0.717, 1.165) is 0 Å². The minimum atomic E-state index is -4.60. The van der Waals surface area contributed by atoms with Gasteiger partial charge in [0.2, 0.25) is 0 Å². The van der Waals surface area contributed by atoms with Crippen LogP contribution in [0.5, 0.6) is 0 Å². The minimum Gasteiger partial charge on any atom is -0.339 e. The van der Waals surface area contributed by atoms with E-state index in [1.807, 2.05) is 13.8 Å². The van der Waals surface area contributed by atoms with E-state index in [1.54, 1.807) is 6.92 Å². The maximum Gasteiger partial charge on any atom is 0.416 e. The van der Waals surface area contributed by atoms with Gasteiger partial charge in [0, 0.05) is 13.1 Å². The summed E-state index contributed by atoms with van der Waals surface area (Å²) in [6.07, 6.45) is -4.60. The van der Waals surface area contributed by atoms with E-state index in [0.29, 0.717) is 31.3 Å². The Labute approximate surface area is 115 Å². The number of benzene rings is 1. The molecule has 1 amide bonds. The molecule has 20 heavy (non-hydrogen) atoms. The van der Waals surface area contributed by atoms with Gasteiger partial charge in [0.15, 0.2) is 0 Å². The molecular formula is C14H17F4NO. The van der Waals surface area contributed by atoms with Gasteiger partial charge in [0.25, 0.3) is 5.91 Å². The van der Waals surface area contributed by atoms with Crippen LogP contribution in [0.1, 0.15) is 36.7 Å². The molecule has 0 aromatic heterocycles. The van der Waals surface area contributed by atoms with Gasteiger partial charge in [-0.05, 0) is 31.0 Å². The molecule has 1 aromatic rings. The zero-order valence-electron chi connectivity index (χ0n) is 11.6. The van der Waals surface area contributed by atoms with Crippen LogP contribution in [0.3, 0.4) is 0 Å². The summed E-state index contributed by atoms with van der Waals surface area (Å²) in [6.45, 7) is 6.13. The minimum absolute atomic E-state index is 0.146. The fourth-order valence-corrected chi connectivity index (χ4v) is 1.83. The average Bonchev–Trinajstić information content (AvgIpc) is 2.34. The lowest BCUT2D eigenvalue weighted by molar-refractivity contribution is -0.137. The first-order chi connectivity index (χ1) is 9.16. The van der Waals surface area contributed by atoms with Crippen molar-refractivity contribution < 1.29 is 22.4 Å². The maximum atomic E-state index is 13.6. The number of amides is 1. The second-order valence-corrected chi connectivity index (χ2v) is 4.93. The van der Waals surface area contributed by atoms with Crippen molar-refractivity contribution in [1.29, 1.82) is 0 Å². The zero-order valence-corrected chi connectivity index (χ0v) is 11.6. The van der Waals surface area contributed by atoms with Gasteiger partial charge in [-0.2, -0.15) is 13.2 Å². The van der Waals surface area contributed by atoms with Crippen molar-refractivity contribution in [1.82, 2.24) is 4.90 Å². The van der Waals surface area contributed by atoms with Crippen molar-refractivity contribution in [2.45, 2.75) is 26.9 Å². The van der Waals surface area contributed by atoms with Crippen molar-refractivity contribution in [2.24, 2.45) is 5.92 Å². The van der Waals surface area contributed by atoms with Crippen molar-refractivity contribution >= 4 is 5.91 Å². The lowest BCUT2D eigenvalue weighted by atomic mass is 10.1. The highest BCUT2D eigenvalue weighted by atomic mass is 19.4. The highest BCUT2D eigenvalue weighted by molar-refractivity contribution is 5.94. The normalized spacial score (nSPS) is 11.8. The lowest BCUT2D eigenvalue weighted by Gasteiger charge is -2.23. The molecule has 2 nitrogen and oxygen atoms in total. The number of hydrogen-bond acceptors (Lipinski definition) is 1. The number of nitrogens with zero attached hydrogens (tertiary/aromatic N) is 1. The number of halogens is 4. The summed E-state index contributed by atoms with van der Waals surface area (Å²) < 4.78 is 51.5. The van der Waals surface area contributed by atoms with E-state index in [4.69, 9.17) is 0 Å². The molecule has 112 valence electrons. The molecule has 0 atom stereocenters. The lowest BCUT2D eigenvalue weighted by Crippen LogP contribution is -2.34. The second-order valence-electron chi connectivity index (χ2n) is 4.93. The van der Waals surface area contributed by atoms with E-state index in [-0.39, 0.29) is 5.92 Å². The number of carbonyl (C=O) groups excluding carboxylic acids is 1. The van der Waals surface area contributed by atoms with E-state index >= 15 is 0 Å². The first-order valence-electron chi connectivity index (χ1n) is 6.32. The summed E-state index contributed by atoms with van der Waals surface area (Å²) in [5, 5.41) is 0. The monoisotopic (exact) mass is 291 g/mol. The third-order valence-electron chi connectivity index (χ3n) is 2.78. The van der Waals surface area contributed by atoms with Crippen molar-refractivity contribution in [3.05, 3.63) is 35.1 Å². The summed E-state index contributed by atoms with van der Waals surface area (Å²) in [5.41, 5.74) is -1.56. The number of rotatable bonds is 4. The average molecular weight is 291 g/mol. The Morgan fingerprint density at radius 2 is 1.90 bits per heavy atom. The van der Waals surface area contributed by atoms with Crippen LogP contribution in [0.25, 0.3) is 0 Å². The van der Waals surface area contributed by atoms with E-state index < -0.39 is 29.0 Å². The summed E-state index contributed by atoms with van der Waals surface area (Å²) in [5.74, 6) is -1.51. The van der Waals surface area contributed by atoms with Crippen LogP contribution >= 0.6 is 0 Å². The van der Waals surface area contributed by atoms with Gasteiger partial charge in [-0.15, -0.1) is 0 Å². The molecule has 0 aliphatic heterocycles. The van der Waals surface area contributed by atoms with Gasteiger partial charge in [0.1, 0.15) is 5.82 Å². The predicted molar refractivity (Wildman–Crippen MR) is 67.8 cm³/mol. The molecule has 0 saturated carbocycles. The summed E-state index contributed by atoms with van der Waals surface area (Å²) in [7, 11) is 0. The van der Waals surface area contributed by atoms with Crippen LogP contribution in [0, 0.1) is 11.7 Å². The quantitative estimate of drug-likeness (QED) is 0.769. The molecule has 1 aromatic carbocycles. The molecule has 0 saturated heterocycles. The third-order valence-corrected chi connectivity index (χ3v) is 2.78. The van der Waals surface area contributed by atoms with E-state index in [2.05, 4.69) is 0 Å². The summed E-state index contributed by atoms with van der Waals surface area (Å²) >= 11 is 0. The van der Waals surface area contributed by atoms with Crippen molar-refractivity contribution in [2.75, 3.05) is 13.1 Å². The van der Waals surface area contributed by atoms with Crippen molar-refractivity contribution in [3.63, 3.8) is 0 Å². The molecule has 0 fully saturated rings. The van der Waals surface area contributed by atoms with Gasteiger partial charge >= 0.3 is 6.18 Å². The van der Waals surface area contributed by atoms with Crippen LogP contribution in [0.4, 0.5) is 17.6 Å². The third kappa shape index (κ3) is 3.95. The molecule has 0 spiro atoms. The molecule has 6 heteroatoms. The number of hydrogen-bond donors (Lipinski definition) is 0. The molecule has 0 N–H and O–H groups in total. The first kappa shape index (κ1) is 16.5. The smallest absolute Gasteiger partial charge is 0.339 e. The predicted octanol–water partition coefficient (Wildman–Crippen LogP) is 3.96. The van der Waals surface area contributed by atoms with Crippen LogP contribution in [-0.4, -0.2) is 23.9 Å². The van der Waals surface area contributed by atoms with Gasteiger partial charge in [-0.3, -0.25) is 4.79 Å². The molecular weight excluding hydrogens is 274 g/mol. The molecule has 1 rings (SSSR count). The van der Waals surface area contributed by atoms with Gasteiger partial charge in [-0.1, -0.05) is 13.8 Å². The maximum absolute atomic E-state index is 13.6. The summed E-state index contributed by atoms with van der Waals surface area (Å²) in [6, 6.07) is 1.88. The molecule has 0 heterocycles. The van der Waals surface area contributed by atoms with E-state index in [1.165, 1.54) is 4.90 Å². The van der Waals surface area contributed by atoms with Gasteiger partial charge < -0.3 is 4.90 Å². The van der Waals surface area contributed by atoms with Crippen LogP contribution in [0.15, 0.2) is 18.2 Å². The summed E-state index contributed by atoms with van der Waals surface area (Å²) in [4.78, 5) is 13.5. The largest absolute Gasteiger partial charge is 0.416 e. The standard InChI is InChI=1S/C14H17F4NO/c1-4-19(8-9(2)3)13(20)11-7-10(14(16,17)18)5-6-12(11)15/h5-7,9H,4,8H2,1-3H3. The first-order valence-corrected chi connectivity index (χ1v) is 6.32. The molecule has 0 aliphatic rings. The van der Waals surface area contributed by atoms with Gasteiger partial charge in [0.05, 0.1) is 11.1 Å². The zero-order chi connectivity index (χ0) is 15.5. The van der Waals surface area contributed by atoms with Gasteiger partial charge in [-0.25, -0.2) is 4.39 Å². The Balaban J connectivity index is 3.14. The Morgan fingerprint density at radius 3 is 2.35 bits per heavy atom. The highest BCUT2D eigenvalue weighted by Gasteiger charge is 2.32. The van der Waals surface area contributed by atoms with Crippen LogP contribution in [0.2, 0.25) is 0 Å². The topological polar surface area (TPSA) is 20.3 Å². The second kappa shape index (κ2) is 6.24. The fourth-order valence-electron chi connectivity index (χ4n) is 1.83. The highest BCUT2D eigenvalue weighted by Crippen LogP contribution is 2.30. The molecule has 0 aliphatic carbocycles. The van der Waals surface area contributed by atoms with Crippen molar-refractivity contribution in [3.8, 4) is 0 Å². The Morgan fingerprint density at radius 1 is 1.30 bits per heavy atom. The van der Waals surface area contributed by atoms with Crippen LogP contribution in [-0.2, 0) is 6.18 Å². The molecule has 0 radical (unpaired) electrons. The Kier molecular flexibility index (Phi) is 5.14. The molecule has 0 bridgehead atoms.